The van der Waals surface area contributed by atoms with Crippen LogP contribution in [0.4, 0.5) is 5.69 Å². The molecule has 1 atom stereocenters. The van der Waals surface area contributed by atoms with Gasteiger partial charge in [0.2, 0.25) is 5.91 Å². The van der Waals surface area contributed by atoms with E-state index >= 15 is 0 Å². The Balaban J connectivity index is 1.27. The summed E-state index contributed by atoms with van der Waals surface area (Å²) >= 11 is 0. The lowest BCUT2D eigenvalue weighted by Gasteiger charge is -2.26. The van der Waals surface area contributed by atoms with Gasteiger partial charge in [-0.25, -0.2) is 4.68 Å². The molecule has 2 aliphatic heterocycles. The van der Waals surface area contributed by atoms with Crippen LogP contribution in [-0.4, -0.2) is 73.1 Å². The molecule has 0 bridgehead atoms. The highest BCUT2D eigenvalue weighted by atomic mass is 16.5. The molecule has 2 fully saturated rings. The lowest BCUT2D eigenvalue weighted by Crippen LogP contribution is -2.42. The summed E-state index contributed by atoms with van der Waals surface area (Å²) in [6.07, 6.45) is 2.51. The molecule has 4 rings (SSSR count). The number of ether oxygens (including phenoxy) is 1. The second kappa shape index (κ2) is 9.86. The number of amides is 1. The van der Waals surface area contributed by atoms with E-state index in [9.17, 15) is 9.59 Å². The molecule has 1 aromatic heterocycles. The van der Waals surface area contributed by atoms with Crippen LogP contribution < -0.4 is 15.8 Å². The number of benzene rings is 1. The molecule has 1 aromatic carbocycles. The van der Waals surface area contributed by atoms with Gasteiger partial charge in [-0.2, -0.15) is 5.10 Å². The molecule has 160 valence electrons. The molecule has 1 unspecified atom stereocenters. The van der Waals surface area contributed by atoms with Crippen molar-refractivity contribution >= 4 is 11.6 Å². The number of hydrogen-bond acceptors (Lipinski definition) is 6. The van der Waals surface area contributed by atoms with Crippen LogP contribution in [0.25, 0.3) is 0 Å². The second-order valence-corrected chi connectivity index (χ2v) is 7.87. The largest absolute Gasteiger partial charge is 0.379 e. The van der Waals surface area contributed by atoms with Crippen LogP contribution in [0.5, 0.6) is 0 Å². The molecule has 8 nitrogen and oxygen atoms in total. The molecule has 0 aliphatic carbocycles. The number of morpholine rings is 1. The van der Waals surface area contributed by atoms with E-state index in [0.29, 0.717) is 19.6 Å². The van der Waals surface area contributed by atoms with Crippen molar-refractivity contribution in [3.63, 3.8) is 0 Å². The molecule has 2 aromatic rings. The summed E-state index contributed by atoms with van der Waals surface area (Å²) in [6, 6.07) is 11.4. The second-order valence-electron chi connectivity index (χ2n) is 7.87. The molecule has 0 saturated carbocycles. The third-order valence-electron chi connectivity index (χ3n) is 5.79. The van der Waals surface area contributed by atoms with Crippen LogP contribution in [0.2, 0.25) is 0 Å². The van der Waals surface area contributed by atoms with Crippen LogP contribution in [0, 0.1) is 5.92 Å². The van der Waals surface area contributed by atoms with Crippen molar-refractivity contribution in [3.05, 3.63) is 58.5 Å². The molecule has 30 heavy (non-hydrogen) atoms. The summed E-state index contributed by atoms with van der Waals surface area (Å²) in [6.45, 7) is 6.73. The molecular formula is C22H29N5O3. The number of carbonyl (C=O) groups excluding carboxylic acids is 1. The first kappa shape index (κ1) is 20.6. The number of hydrogen-bond donors (Lipinski definition) is 1. The average Bonchev–Trinajstić information content (AvgIpc) is 3.27. The lowest BCUT2D eigenvalue weighted by molar-refractivity contribution is -0.124. The van der Waals surface area contributed by atoms with Crippen LogP contribution in [-0.2, 0) is 16.1 Å². The van der Waals surface area contributed by atoms with Gasteiger partial charge in [0.05, 0.1) is 37.6 Å². The molecule has 0 spiro atoms. The highest BCUT2D eigenvalue weighted by molar-refractivity contribution is 5.80. The Morgan fingerprint density at radius 1 is 1.17 bits per heavy atom. The molecule has 8 heteroatoms. The third kappa shape index (κ3) is 5.25. The van der Waals surface area contributed by atoms with Gasteiger partial charge in [0.1, 0.15) is 0 Å². The van der Waals surface area contributed by atoms with Crippen molar-refractivity contribution in [1.82, 2.24) is 20.0 Å². The molecular weight excluding hydrogens is 382 g/mol. The first-order chi connectivity index (χ1) is 14.7. The smallest absolute Gasteiger partial charge is 0.269 e. The van der Waals surface area contributed by atoms with Crippen molar-refractivity contribution in [1.29, 1.82) is 0 Å². The molecule has 2 aliphatic rings. The topological polar surface area (TPSA) is 79.7 Å². The molecule has 1 N–H and O–H groups in total. The maximum absolute atomic E-state index is 12.5. The minimum Gasteiger partial charge on any atom is -0.379 e. The first-order valence-electron chi connectivity index (χ1n) is 10.6. The zero-order valence-electron chi connectivity index (χ0n) is 17.2. The number of rotatable bonds is 7. The monoisotopic (exact) mass is 411 g/mol. The van der Waals surface area contributed by atoms with Gasteiger partial charge in [-0.05, 0) is 12.0 Å². The van der Waals surface area contributed by atoms with E-state index in [1.165, 1.54) is 4.68 Å². The highest BCUT2D eigenvalue weighted by Gasteiger charge is 2.28. The normalized spacial score (nSPS) is 19.7. The Morgan fingerprint density at radius 2 is 1.97 bits per heavy atom. The summed E-state index contributed by atoms with van der Waals surface area (Å²) in [4.78, 5) is 29.4. The minimum atomic E-state index is -0.130. The number of anilines is 1. The number of nitrogens with one attached hydrogen (secondary N) is 1. The van der Waals surface area contributed by atoms with Gasteiger partial charge in [-0.1, -0.05) is 30.3 Å². The van der Waals surface area contributed by atoms with Gasteiger partial charge in [-0.15, -0.1) is 0 Å². The quantitative estimate of drug-likeness (QED) is 0.718. The number of nitrogens with zero attached hydrogens (tertiary/aromatic N) is 4. The Kier molecular flexibility index (Phi) is 6.76. The summed E-state index contributed by atoms with van der Waals surface area (Å²) in [7, 11) is 0. The van der Waals surface area contributed by atoms with Gasteiger partial charge in [0.25, 0.3) is 5.56 Å². The van der Waals surface area contributed by atoms with Gasteiger partial charge < -0.3 is 15.0 Å². The first-order valence-corrected chi connectivity index (χ1v) is 10.6. The minimum absolute atomic E-state index is 0.0542. The predicted octanol–water partition coefficient (Wildman–Crippen LogP) is 0.566. The van der Waals surface area contributed by atoms with Crippen molar-refractivity contribution in [2.45, 2.75) is 13.0 Å². The maximum atomic E-state index is 12.5. The Hall–Kier alpha value is -2.71. The third-order valence-corrected chi connectivity index (χ3v) is 5.79. The standard InChI is InChI=1S/C22H29N5O3/c28-21-14-20(15-24-27(21)16-18-4-2-1-3-5-18)26-8-6-19(17-26)22(29)23-7-9-25-10-12-30-13-11-25/h1-5,14-15,19H,6-13,16-17H2,(H,23,29). The van der Waals surface area contributed by atoms with Crippen LogP contribution in [0.3, 0.4) is 0 Å². The van der Waals surface area contributed by atoms with Crippen molar-refractivity contribution in [2.24, 2.45) is 5.92 Å². The van der Waals surface area contributed by atoms with Crippen molar-refractivity contribution < 1.29 is 9.53 Å². The van der Waals surface area contributed by atoms with Gasteiger partial charge >= 0.3 is 0 Å². The summed E-state index contributed by atoms with van der Waals surface area (Å²) in [5.74, 6) is 0.0394. The van der Waals surface area contributed by atoms with E-state index in [0.717, 1.165) is 57.1 Å². The Morgan fingerprint density at radius 3 is 2.73 bits per heavy atom. The van der Waals surface area contributed by atoms with Crippen LogP contribution in [0.1, 0.15) is 12.0 Å². The van der Waals surface area contributed by atoms with Gasteiger partial charge in [-0.3, -0.25) is 14.5 Å². The highest BCUT2D eigenvalue weighted by Crippen LogP contribution is 2.22. The van der Waals surface area contributed by atoms with E-state index in [1.54, 1.807) is 12.3 Å². The van der Waals surface area contributed by atoms with Crippen LogP contribution >= 0.6 is 0 Å². The Labute approximate surface area is 176 Å². The lowest BCUT2D eigenvalue weighted by atomic mass is 10.1. The molecule has 1 amide bonds. The summed E-state index contributed by atoms with van der Waals surface area (Å²) in [5, 5.41) is 7.40. The fraction of sp³-hybridized carbons (Fsp3) is 0.500. The van der Waals surface area contributed by atoms with E-state index in [1.807, 2.05) is 30.3 Å². The van der Waals surface area contributed by atoms with E-state index in [4.69, 9.17) is 4.74 Å². The van der Waals surface area contributed by atoms with Gasteiger partial charge in [0.15, 0.2) is 0 Å². The molecule has 2 saturated heterocycles. The maximum Gasteiger partial charge on any atom is 0.269 e. The average molecular weight is 412 g/mol. The zero-order valence-corrected chi connectivity index (χ0v) is 17.2. The van der Waals surface area contributed by atoms with E-state index in [-0.39, 0.29) is 17.4 Å². The molecule has 0 radical (unpaired) electrons. The number of aromatic nitrogens is 2. The predicted molar refractivity (Wildman–Crippen MR) is 115 cm³/mol. The zero-order chi connectivity index (χ0) is 20.8. The van der Waals surface area contributed by atoms with Crippen molar-refractivity contribution in [2.75, 3.05) is 57.4 Å². The summed E-state index contributed by atoms with van der Waals surface area (Å²) < 4.78 is 6.81. The fourth-order valence-electron chi connectivity index (χ4n) is 3.99. The van der Waals surface area contributed by atoms with Crippen molar-refractivity contribution in [3.8, 4) is 0 Å². The van der Waals surface area contributed by atoms with E-state index in [2.05, 4.69) is 20.2 Å². The Bertz CT molecular complexity index is 895. The SMILES string of the molecule is O=C(NCCN1CCOCC1)C1CCN(c2cnn(Cc3ccccc3)c(=O)c2)C1. The molecule has 3 heterocycles. The fourth-order valence-corrected chi connectivity index (χ4v) is 3.99. The van der Waals surface area contributed by atoms with Crippen LogP contribution in [0.15, 0.2) is 47.4 Å². The number of carbonyl (C=O) groups is 1. The summed E-state index contributed by atoms with van der Waals surface area (Å²) in [5.41, 5.74) is 1.69. The van der Waals surface area contributed by atoms with E-state index < -0.39 is 0 Å². The van der Waals surface area contributed by atoms with Gasteiger partial charge in [0, 0.05) is 45.3 Å².